The number of fused-ring (bicyclic) bond motifs is 7. The predicted octanol–water partition coefficient (Wildman–Crippen LogP) is 13.3. The van der Waals surface area contributed by atoms with E-state index >= 15 is 0 Å². The molecule has 0 fully saturated rings. The zero-order valence-electron chi connectivity index (χ0n) is 26.8. The molecule has 9 rings (SSSR count). The van der Waals surface area contributed by atoms with Crippen molar-refractivity contribution in [2.24, 2.45) is 0 Å². The maximum atomic E-state index is 6.72. The van der Waals surface area contributed by atoms with Gasteiger partial charge in [-0.05, 0) is 89.3 Å². The van der Waals surface area contributed by atoms with E-state index in [0.29, 0.717) is 0 Å². The van der Waals surface area contributed by atoms with Crippen molar-refractivity contribution >= 4 is 54.3 Å². The minimum Gasteiger partial charge on any atom is -0.455 e. The number of benzene rings is 8. The summed E-state index contributed by atoms with van der Waals surface area (Å²) in [7, 11) is 0. The Morgan fingerprint density at radius 3 is 1.57 bits per heavy atom. The van der Waals surface area contributed by atoms with Gasteiger partial charge in [0.15, 0.2) is 0 Å². The van der Waals surface area contributed by atoms with Crippen molar-refractivity contribution in [1.29, 1.82) is 0 Å². The van der Waals surface area contributed by atoms with E-state index in [1.807, 2.05) is 0 Å². The van der Waals surface area contributed by atoms with Crippen LogP contribution >= 0.6 is 0 Å². The molecule has 0 spiro atoms. The van der Waals surface area contributed by atoms with Gasteiger partial charge >= 0.3 is 0 Å². The highest BCUT2D eigenvalue weighted by Crippen LogP contribution is 2.47. The van der Waals surface area contributed by atoms with Gasteiger partial charge in [-0.2, -0.15) is 0 Å². The number of para-hydroxylation sites is 1. The lowest BCUT2D eigenvalue weighted by Crippen LogP contribution is -2.11. The molecule has 9 aromatic rings. The van der Waals surface area contributed by atoms with Crippen LogP contribution in [0.2, 0.25) is 0 Å². The molecule has 0 saturated carbocycles. The molecule has 1 aromatic heterocycles. The molecule has 1 heterocycles. The first-order chi connectivity index (χ1) is 23.0. The van der Waals surface area contributed by atoms with E-state index in [2.05, 4.69) is 172 Å². The first-order valence-corrected chi connectivity index (χ1v) is 16.4. The van der Waals surface area contributed by atoms with E-state index in [9.17, 15) is 0 Å². The third-order valence-corrected chi connectivity index (χ3v) is 9.76. The third-order valence-electron chi connectivity index (χ3n) is 9.76. The van der Waals surface area contributed by atoms with Gasteiger partial charge in [-0.25, -0.2) is 0 Å². The Bertz CT molecular complexity index is 2590. The largest absolute Gasteiger partial charge is 0.455 e. The Balaban J connectivity index is 1.41. The summed E-state index contributed by atoms with van der Waals surface area (Å²) in [5.41, 5.74) is 10.4. The molecular weight excluding hydrogens is 569 g/mol. The van der Waals surface area contributed by atoms with Crippen LogP contribution in [0.15, 0.2) is 156 Å². The molecule has 0 saturated heterocycles. The van der Waals surface area contributed by atoms with Crippen LogP contribution in [0.4, 0.5) is 0 Å². The molecule has 0 N–H and O–H groups in total. The zero-order valence-corrected chi connectivity index (χ0v) is 26.8. The second-order valence-electron chi connectivity index (χ2n) is 13.7. The predicted molar refractivity (Wildman–Crippen MR) is 201 cm³/mol. The van der Waals surface area contributed by atoms with E-state index < -0.39 is 0 Å². The number of furan rings is 1. The molecule has 224 valence electrons. The van der Waals surface area contributed by atoms with Crippen molar-refractivity contribution in [2.45, 2.75) is 26.2 Å². The van der Waals surface area contributed by atoms with E-state index in [1.165, 1.54) is 71.1 Å². The average Bonchev–Trinajstić information content (AvgIpc) is 3.50. The third kappa shape index (κ3) is 4.38. The summed E-state index contributed by atoms with van der Waals surface area (Å²) in [5.74, 6) is 0. The lowest BCUT2D eigenvalue weighted by Gasteiger charge is -2.23. The van der Waals surface area contributed by atoms with Crippen LogP contribution < -0.4 is 0 Å². The van der Waals surface area contributed by atoms with Gasteiger partial charge in [0.25, 0.3) is 0 Å². The molecule has 1 nitrogen and oxygen atoms in total. The van der Waals surface area contributed by atoms with Crippen molar-refractivity contribution in [3.8, 4) is 33.4 Å². The number of rotatable bonds is 3. The summed E-state index contributed by atoms with van der Waals surface area (Å²) in [6, 6.07) is 55.2. The van der Waals surface area contributed by atoms with Gasteiger partial charge in [-0.15, -0.1) is 0 Å². The van der Waals surface area contributed by atoms with E-state index in [-0.39, 0.29) is 5.41 Å². The second-order valence-corrected chi connectivity index (χ2v) is 13.7. The van der Waals surface area contributed by atoms with Crippen LogP contribution in [0.1, 0.15) is 26.3 Å². The van der Waals surface area contributed by atoms with Crippen LogP contribution in [0.5, 0.6) is 0 Å². The summed E-state index contributed by atoms with van der Waals surface area (Å²) in [6.07, 6.45) is 0. The molecule has 0 aliphatic heterocycles. The van der Waals surface area contributed by atoms with E-state index in [0.717, 1.165) is 22.1 Å². The van der Waals surface area contributed by atoms with Gasteiger partial charge in [-0.3, -0.25) is 0 Å². The lowest BCUT2D eigenvalue weighted by atomic mass is 9.80. The molecule has 0 amide bonds. The smallest absolute Gasteiger partial charge is 0.143 e. The van der Waals surface area contributed by atoms with Crippen LogP contribution in [0, 0.1) is 0 Å². The van der Waals surface area contributed by atoms with Crippen LogP contribution in [-0.2, 0) is 5.41 Å². The highest BCUT2D eigenvalue weighted by atomic mass is 16.3. The molecule has 0 bridgehead atoms. The van der Waals surface area contributed by atoms with Gasteiger partial charge < -0.3 is 4.42 Å². The molecule has 47 heavy (non-hydrogen) atoms. The minimum absolute atomic E-state index is 0.0653. The molecule has 0 atom stereocenters. The maximum Gasteiger partial charge on any atom is 0.143 e. The van der Waals surface area contributed by atoms with Gasteiger partial charge in [-0.1, -0.05) is 154 Å². The molecule has 8 aromatic carbocycles. The number of hydrogen-bond acceptors (Lipinski definition) is 1. The zero-order chi connectivity index (χ0) is 31.7. The number of hydrogen-bond donors (Lipinski definition) is 0. The monoisotopic (exact) mass is 602 g/mol. The van der Waals surface area contributed by atoms with Crippen molar-refractivity contribution in [3.05, 3.63) is 157 Å². The van der Waals surface area contributed by atoms with Gasteiger partial charge in [0.2, 0.25) is 0 Å². The Labute approximate surface area is 274 Å². The van der Waals surface area contributed by atoms with E-state index in [4.69, 9.17) is 4.42 Å². The normalized spacial score (nSPS) is 12.1. The van der Waals surface area contributed by atoms with Crippen LogP contribution in [-0.4, -0.2) is 0 Å². The Morgan fingerprint density at radius 1 is 0.426 bits per heavy atom. The van der Waals surface area contributed by atoms with Crippen molar-refractivity contribution in [2.75, 3.05) is 0 Å². The Kier molecular flexibility index (Phi) is 6.14. The van der Waals surface area contributed by atoms with Crippen LogP contribution in [0.25, 0.3) is 87.6 Å². The summed E-state index contributed by atoms with van der Waals surface area (Å²) < 4.78 is 6.72. The second kappa shape index (κ2) is 10.4. The highest BCUT2D eigenvalue weighted by molar-refractivity contribution is 6.24. The van der Waals surface area contributed by atoms with E-state index in [1.54, 1.807) is 0 Å². The van der Waals surface area contributed by atoms with Gasteiger partial charge in [0.05, 0.1) is 0 Å². The molecule has 0 unspecified atom stereocenters. The SMILES string of the molecule is CC(C)(C)c1cc(-c2c3ccccc3c(-c3ccccc3)c3ccccc23)cc(-c2cc3ccccc3c3c2oc2ccccc23)c1. The topological polar surface area (TPSA) is 13.1 Å². The van der Waals surface area contributed by atoms with Gasteiger partial charge in [0, 0.05) is 16.3 Å². The first-order valence-electron chi connectivity index (χ1n) is 16.4. The summed E-state index contributed by atoms with van der Waals surface area (Å²) in [4.78, 5) is 0. The Hall–Kier alpha value is -5.66. The lowest BCUT2D eigenvalue weighted by molar-refractivity contribution is 0.590. The molecular formula is C46H34O. The minimum atomic E-state index is -0.0653. The van der Waals surface area contributed by atoms with Crippen molar-refractivity contribution < 1.29 is 4.42 Å². The molecule has 0 aliphatic rings. The quantitative estimate of drug-likeness (QED) is 0.183. The molecule has 0 aliphatic carbocycles. The fourth-order valence-electron chi connectivity index (χ4n) is 7.50. The van der Waals surface area contributed by atoms with Crippen molar-refractivity contribution in [3.63, 3.8) is 0 Å². The fourth-order valence-corrected chi connectivity index (χ4v) is 7.50. The summed E-state index contributed by atoms with van der Waals surface area (Å²) in [6.45, 7) is 6.92. The Morgan fingerprint density at radius 2 is 0.936 bits per heavy atom. The molecule has 1 heteroatoms. The van der Waals surface area contributed by atoms with Crippen molar-refractivity contribution in [1.82, 2.24) is 0 Å². The molecule has 0 radical (unpaired) electrons. The maximum absolute atomic E-state index is 6.72. The van der Waals surface area contributed by atoms with Gasteiger partial charge in [0.1, 0.15) is 11.2 Å². The van der Waals surface area contributed by atoms with Crippen LogP contribution in [0.3, 0.4) is 0 Å². The standard InChI is InChI=1S/C46H34O/c1-46(2,3)33-26-31(40-28-30-17-7-8-18-34(30)44-39-23-13-14-24-41(39)47-45(40)44)25-32(27-33)43-37-21-11-9-19-35(37)42(29-15-5-4-6-16-29)36-20-10-12-22-38(36)43/h4-28H,1-3H3. The average molecular weight is 603 g/mol. The fraction of sp³-hybridized carbons (Fsp3) is 0.0870. The highest BCUT2D eigenvalue weighted by Gasteiger charge is 2.23. The first kappa shape index (κ1) is 27.6. The summed E-state index contributed by atoms with van der Waals surface area (Å²) >= 11 is 0. The summed E-state index contributed by atoms with van der Waals surface area (Å²) in [5, 5.41) is 9.81.